The van der Waals surface area contributed by atoms with E-state index in [1.165, 1.54) is 4.90 Å². The van der Waals surface area contributed by atoms with E-state index >= 15 is 0 Å². The maximum atomic E-state index is 11.8. The van der Waals surface area contributed by atoms with Gasteiger partial charge in [0.05, 0.1) is 0 Å². The van der Waals surface area contributed by atoms with Crippen LogP contribution < -0.4 is 10.1 Å². The summed E-state index contributed by atoms with van der Waals surface area (Å²) in [6.45, 7) is 1.22. The fraction of sp³-hybridized carbons (Fsp3) is 0.300. The van der Waals surface area contributed by atoms with Crippen molar-refractivity contribution in [2.75, 3.05) is 18.4 Å². The number of anilines is 1. The highest BCUT2D eigenvalue weighted by atomic mass is 16.7. The monoisotopic (exact) mass is 370 g/mol. The Morgan fingerprint density at radius 1 is 1.04 bits per heavy atom. The van der Waals surface area contributed by atoms with Crippen molar-refractivity contribution in [3.05, 3.63) is 60.2 Å². The van der Waals surface area contributed by atoms with Gasteiger partial charge in [-0.25, -0.2) is 9.59 Å². The Bertz CT molecular complexity index is 756. The summed E-state index contributed by atoms with van der Waals surface area (Å²) in [6, 6.07) is 16.6. The van der Waals surface area contributed by atoms with E-state index in [9.17, 15) is 9.59 Å². The Balaban J connectivity index is 1.43. The van der Waals surface area contributed by atoms with E-state index in [1.807, 2.05) is 42.5 Å². The zero-order valence-corrected chi connectivity index (χ0v) is 14.8. The van der Waals surface area contributed by atoms with Gasteiger partial charge in [0.25, 0.3) is 0 Å². The number of piperidine rings is 1. The second kappa shape index (κ2) is 8.93. The average Bonchev–Trinajstić information content (AvgIpc) is 2.69. The molecule has 7 heteroatoms. The smallest absolute Gasteiger partial charge is 0.465 e. The van der Waals surface area contributed by atoms with Crippen molar-refractivity contribution < 1.29 is 24.2 Å². The Morgan fingerprint density at radius 2 is 1.70 bits per heavy atom. The molecule has 7 nitrogen and oxygen atoms in total. The number of nitrogens with one attached hydrogen (secondary N) is 1. The SMILES string of the molecule is O=C(OCc1ccccc1)Oc1ccc(NC2CCN(C(=O)O)CC2)cc1. The van der Waals surface area contributed by atoms with Crippen molar-refractivity contribution in [2.24, 2.45) is 0 Å². The van der Waals surface area contributed by atoms with Crippen molar-refractivity contribution in [3.8, 4) is 5.75 Å². The third kappa shape index (κ3) is 5.64. The van der Waals surface area contributed by atoms with Gasteiger partial charge in [-0.05, 0) is 42.7 Å². The van der Waals surface area contributed by atoms with Crippen molar-refractivity contribution >= 4 is 17.9 Å². The van der Waals surface area contributed by atoms with Gasteiger partial charge in [0.1, 0.15) is 12.4 Å². The number of nitrogens with zero attached hydrogens (tertiary/aromatic N) is 1. The summed E-state index contributed by atoms with van der Waals surface area (Å²) >= 11 is 0. The second-order valence-corrected chi connectivity index (χ2v) is 6.34. The van der Waals surface area contributed by atoms with Crippen LogP contribution in [0.5, 0.6) is 5.75 Å². The average molecular weight is 370 g/mol. The number of hydrogen-bond acceptors (Lipinski definition) is 5. The third-order valence-corrected chi connectivity index (χ3v) is 4.39. The molecule has 2 aromatic rings. The minimum atomic E-state index is -0.867. The second-order valence-electron chi connectivity index (χ2n) is 6.34. The molecule has 3 rings (SSSR count). The number of benzene rings is 2. The van der Waals surface area contributed by atoms with Gasteiger partial charge in [0.2, 0.25) is 0 Å². The summed E-state index contributed by atoms with van der Waals surface area (Å²) in [4.78, 5) is 24.1. The molecule has 142 valence electrons. The molecule has 0 atom stereocenters. The van der Waals surface area contributed by atoms with Gasteiger partial charge < -0.3 is 24.8 Å². The molecule has 1 saturated heterocycles. The molecule has 0 radical (unpaired) electrons. The summed E-state index contributed by atoms with van der Waals surface area (Å²) in [7, 11) is 0. The number of likely N-dealkylation sites (tertiary alicyclic amines) is 1. The Hall–Kier alpha value is -3.22. The predicted octanol–water partition coefficient (Wildman–Crippen LogP) is 3.96. The van der Waals surface area contributed by atoms with Crippen molar-refractivity contribution in [1.29, 1.82) is 0 Å². The van der Waals surface area contributed by atoms with Crippen LogP contribution in [0.2, 0.25) is 0 Å². The van der Waals surface area contributed by atoms with Gasteiger partial charge in [0.15, 0.2) is 0 Å². The molecule has 1 amide bonds. The summed E-state index contributed by atoms with van der Waals surface area (Å²) in [5, 5.41) is 12.3. The van der Waals surface area contributed by atoms with Crippen LogP contribution in [-0.2, 0) is 11.3 Å². The first-order valence-corrected chi connectivity index (χ1v) is 8.83. The molecule has 0 saturated carbocycles. The number of rotatable bonds is 5. The first-order chi connectivity index (χ1) is 13.1. The first-order valence-electron chi connectivity index (χ1n) is 8.83. The molecule has 0 spiro atoms. The lowest BCUT2D eigenvalue weighted by Gasteiger charge is -2.31. The van der Waals surface area contributed by atoms with E-state index in [-0.39, 0.29) is 12.6 Å². The van der Waals surface area contributed by atoms with Gasteiger partial charge in [-0.3, -0.25) is 0 Å². The number of carbonyl (C=O) groups excluding carboxylic acids is 1. The zero-order valence-electron chi connectivity index (χ0n) is 14.8. The molecule has 2 N–H and O–H groups in total. The highest BCUT2D eigenvalue weighted by Gasteiger charge is 2.22. The van der Waals surface area contributed by atoms with E-state index in [0.717, 1.165) is 24.1 Å². The van der Waals surface area contributed by atoms with Crippen LogP contribution in [0, 0.1) is 0 Å². The molecular formula is C20H22N2O5. The van der Waals surface area contributed by atoms with Gasteiger partial charge in [-0.1, -0.05) is 30.3 Å². The van der Waals surface area contributed by atoms with Crippen molar-refractivity contribution in [2.45, 2.75) is 25.5 Å². The molecule has 1 aliphatic heterocycles. The maximum absolute atomic E-state index is 11.8. The van der Waals surface area contributed by atoms with Gasteiger partial charge in [-0.15, -0.1) is 0 Å². The summed E-state index contributed by atoms with van der Waals surface area (Å²) in [5.74, 6) is 0.402. The largest absolute Gasteiger partial charge is 0.514 e. The maximum Gasteiger partial charge on any atom is 0.514 e. The molecular weight excluding hydrogens is 348 g/mol. The number of ether oxygens (including phenoxy) is 2. The highest BCUT2D eigenvalue weighted by molar-refractivity contribution is 5.65. The van der Waals surface area contributed by atoms with E-state index in [1.54, 1.807) is 12.1 Å². The van der Waals surface area contributed by atoms with Crippen LogP contribution >= 0.6 is 0 Å². The molecule has 0 aliphatic carbocycles. The zero-order chi connectivity index (χ0) is 19.1. The van der Waals surface area contributed by atoms with Crippen molar-refractivity contribution in [3.63, 3.8) is 0 Å². The molecule has 0 bridgehead atoms. The Labute approximate surface area is 157 Å². The van der Waals surface area contributed by atoms with E-state index in [4.69, 9.17) is 14.6 Å². The highest BCUT2D eigenvalue weighted by Crippen LogP contribution is 2.20. The lowest BCUT2D eigenvalue weighted by molar-refractivity contribution is 0.0927. The van der Waals surface area contributed by atoms with Crippen LogP contribution in [0.15, 0.2) is 54.6 Å². The number of carbonyl (C=O) groups is 2. The molecule has 0 aromatic heterocycles. The summed E-state index contributed by atoms with van der Waals surface area (Å²) in [6.07, 6.45) is -0.0954. The van der Waals surface area contributed by atoms with Gasteiger partial charge in [0, 0.05) is 24.8 Å². The minimum Gasteiger partial charge on any atom is -0.465 e. The quantitative estimate of drug-likeness (QED) is 0.612. The predicted molar refractivity (Wildman–Crippen MR) is 99.9 cm³/mol. The van der Waals surface area contributed by atoms with Crippen LogP contribution in [0.25, 0.3) is 0 Å². The number of hydrogen-bond donors (Lipinski definition) is 2. The fourth-order valence-corrected chi connectivity index (χ4v) is 2.91. The summed E-state index contributed by atoms with van der Waals surface area (Å²) < 4.78 is 10.2. The van der Waals surface area contributed by atoms with Gasteiger partial charge >= 0.3 is 12.2 Å². The topological polar surface area (TPSA) is 88.1 Å². The molecule has 27 heavy (non-hydrogen) atoms. The van der Waals surface area contributed by atoms with E-state index < -0.39 is 12.2 Å². The Kier molecular flexibility index (Phi) is 6.14. The van der Waals surface area contributed by atoms with E-state index in [2.05, 4.69) is 5.32 Å². The molecule has 0 unspecified atom stereocenters. The van der Waals surface area contributed by atoms with Gasteiger partial charge in [-0.2, -0.15) is 0 Å². The van der Waals surface area contributed by atoms with E-state index in [0.29, 0.717) is 18.8 Å². The molecule has 2 aromatic carbocycles. The fourth-order valence-electron chi connectivity index (χ4n) is 2.91. The van der Waals surface area contributed by atoms with Crippen molar-refractivity contribution in [1.82, 2.24) is 4.90 Å². The van der Waals surface area contributed by atoms with Crippen LogP contribution in [0.1, 0.15) is 18.4 Å². The number of amides is 1. The molecule has 1 heterocycles. The third-order valence-electron chi connectivity index (χ3n) is 4.39. The molecule has 1 fully saturated rings. The first kappa shape index (κ1) is 18.6. The van der Waals surface area contributed by atoms with Crippen LogP contribution in [0.3, 0.4) is 0 Å². The standard InChI is InChI=1S/C20H22N2O5/c23-19(24)22-12-10-17(11-13-22)21-16-6-8-18(9-7-16)27-20(25)26-14-15-4-2-1-3-5-15/h1-9,17,21H,10-14H2,(H,23,24). The normalized spacial score (nSPS) is 14.4. The van der Waals surface area contributed by atoms with Crippen LogP contribution in [0.4, 0.5) is 15.3 Å². The summed E-state index contributed by atoms with van der Waals surface area (Å²) in [5.41, 5.74) is 1.79. The minimum absolute atomic E-state index is 0.161. The van der Waals surface area contributed by atoms with Crippen LogP contribution in [-0.4, -0.2) is 41.4 Å². The molecule has 1 aliphatic rings. The Morgan fingerprint density at radius 3 is 2.33 bits per heavy atom. The lowest BCUT2D eigenvalue weighted by atomic mass is 10.1. The number of carboxylic acid groups (broad SMARTS) is 1. The lowest BCUT2D eigenvalue weighted by Crippen LogP contribution is -2.41.